The fourth-order valence-electron chi connectivity index (χ4n) is 2.17. The third-order valence-electron chi connectivity index (χ3n) is 3.04. The summed E-state index contributed by atoms with van der Waals surface area (Å²) in [5.74, 6) is -0.793. The highest BCUT2D eigenvalue weighted by atomic mass is 35.5. The molecule has 1 saturated heterocycles. The van der Waals surface area contributed by atoms with Crippen LogP contribution in [0.5, 0.6) is 0 Å². The minimum atomic E-state index is -0.414. The van der Waals surface area contributed by atoms with Crippen molar-refractivity contribution in [1.29, 1.82) is 0 Å². The standard InChI is InChI=1S/C13H16F2N2.2ClH/c1-2-13(17-7-5-16-6-8-17)11-9-10(14)3-4-12(11)15;;/h2-4,9,13,16H,1,5-8H2;2*1H/t13-;;/m0../s1. The van der Waals surface area contributed by atoms with Crippen LogP contribution in [0.2, 0.25) is 0 Å². The fourth-order valence-corrected chi connectivity index (χ4v) is 2.17. The second-order valence-electron chi connectivity index (χ2n) is 4.13. The van der Waals surface area contributed by atoms with Crippen LogP contribution in [0.1, 0.15) is 11.6 Å². The van der Waals surface area contributed by atoms with E-state index in [0.29, 0.717) is 5.56 Å². The lowest BCUT2D eigenvalue weighted by molar-refractivity contribution is 0.200. The van der Waals surface area contributed by atoms with E-state index >= 15 is 0 Å². The van der Waals surface area contributed by atoms with E-state index in [1.165, 1.54) is 12.1 Å². The molecule has 108 valence electrons. The lowest BCUT2D eigenvalue weighted by Crippen LogP contribution is -2.44. The van der Waals surface area contributed by atoms with Crippen LogP contribution in [0, 0.1) is 11.6 Å². The predicted octanol–water partition coefficient (Wildman–Crippen LogP) is 2.94. The lowest BCUT2D eigenvalue weighted by atomic mass is 10.0. The van der Waals surface area contributed by atoms with Crippen molar-refractivity contribution in [2.45, 2.75) is 6.04 Å². The van der Waals surface area contributed by atoms with Gasteiger partial charge in [-0.2, -0.15) is 0 Å². The molecule has 0 aliphatic carbocycles. The monoisotopic (exact) mass is 310 g/mol. The molecule has 19 heavy (non-hydrogen) atoms. The molecule has 1 aromatic carbocycles. The van der Waals surface area contributed by atoms with Gasteiger partial charge in [0, 0.05) is 31.7 Å². The predicted molar refractivity (Wildman–Crippen MR) is 78.2 cm³/mol. The van der Waals surface area contributed by atoms with Gasteiger partial charge in [-0.05, 0) is 18.2 Å². The lowest BCUT2D eigenvalue weighted by Gasteiger charge is -2.33. The average Bonchev–Trinajstić information content (AvgIpc) is 2.36. The summed E-state index contributed by atoms with van der Waals surface area (Å²) in [6.07, 6.45) is 1.67. The Balaban J connectivity index is 0.00000162. The van der Waals surface area contributed by atoms with Gasteiger partial charge in [0.05, 0.1) is 6.04 Å². The molecule has 2 rings (SSSR count). The van der Waals surface area contributed by atoms with E-state index in [-0.39, 0.29) is 36.7 Å². The van der Waals surface area contributed by atoms with Crippen molar-refractivity contribution < 1.29 is 8.78 Å². The van der Waals surface area contributed by atoms with E-state index in [4.69, 9.17) is 0 Å². The Bertz CT molecular complexity index is 410. The highest BCUT2D eigenvalue weighted by Gasteiger charge is 2.22. The summed E-state index contributed by atoms with van der Waals surface area (Å²) < 4.78 is 26.9. The summed E-state index contributed by atoms with van der Waals surface area (Å²) in [6.45, 7) is 7.08. The first-order valence-corrected chi connectivity index (χ1v) is 5.74. The maximum absolute atomic E-state index is 13.7. The highest BCUT2D eigenvalue weighted by molar-refractivity contribution is 5.85. The van der Waals surface area contributed by atoms with Crippen LogP contribution in [0.15, 0.2) is 30.9 Å². The van der Waals surface area contributed by atoms with Gasteiger partial charge in [0.1, 0.15) is 11.6 Å². The Hall–Kier alpha value is -0.680. The van der Waals surface area contributed by atoms with Crippen molar-refractivity contribution >= 4 is 24.8 Å². The van der Waals surface area contributed by atoms with Crippen LogP contribution in [0.4, 0.5) is 8.78 Å². The maximum Gasteiger partial charge on any atom is 0.128 e. The van der Waals surface area contributed by atoms with Crippen LogP contribution in [-0.4, -0.2) is 31.1 Å². The van der Waals surface area contributed by atoms with Gasteiger partial charge in [0.15, 0.2) is 0 Å². The maximum atomic E-state index is 13.7. The van der Waals surface area contributed by atoms with Crippen molar-refractivity contribution in [3.05, 3.63) is 48.1 Å². The third-order valence-corrected chi connectivity index (χ3v) is 3.04. The Kier molecular flexibility index (Phi) is 8.18. The van der Waals surface area contributed by atoms with E-state index in [1.807, 2.05) is 0 Å². The molecule has 2 nitrogen and oxygen atoms in total. The quantitative estimate of drug-likeness (QED) is 0.864. The number of rotatable bonds is 3. The molecule has 1 aliphatic rings. The number of nitrogens with zero attached hydrogens (tertiary/aromatic N) is 1. The zero-order valence-electron chi connectivity index (χ0n) is 10.4. The van der Waals surface area contributed by atoms with E-state index < -0.39 is 5.82 Å². The Morgan fingerprint density at radius 3 is 2.42 bits per heavy atom. The molecule has 1 heterocycles. The molecule has 0 spiro atoms. The second kappa shape index (κ2) is 8.48. The number of halogens is 4. The van der Waals surface area contributed by atoms with Crippen molar-refractivity contribution in [2.75, 3.05) is 26.2 Å². The molecule has 0 radical (unpaired) electrons. The van der Waals surface area contributed by atoms with Gasteiger partial charge in [-0.25, -0.2) is 8.78 Å². The molecule has 0 amide bonds. The largest absolute Gasteiger partial charge is 0.314 e. The van der Waals surface area contributed by atoms with E-state index in [0.717, 1.165) is 32.2 Å². The minimum Gasteiger partial charge on any atom is -0.314 e. The summed E-state index contributed by atoms with van der Waals surface area (Å²) in [7, 11) is 0. The first kappa shape index (κ1) is 18.3. The molecule has 0 saturated carbocycles. The van der Waals surface area contributed by atoms with Crippen LogP contribution >= 0.6 is 24.8 Å². The van der Waals surface area contributed by atoms with Crippen molar-refractivity contribution in [2.24, 2.45) is 0 Å². The topological polar surface area (TPSA) is 15.3 Å². The number of benzene rings is 1. The normalized spacial score (nSPS) is 16.9. The van der Waals surface area contributed by atoms with Gasteiger partial charge >= 0.3 is 0 Å². The molecule has 1 aliphatic heterocycles. The number of piperazine rings is 1. The Labute approximate surface area is 124 Å². The summed E-state index contributed by atoms with van der Waals surface area (Å²) in [4.78, 5) is 2.10. The SMILES string of the molecule is C=C[C@@H](c1cc(F)ccc1F)N1CCNCC1.Cl.Cl. The molecule has 0 aromatic heterocycles. The molecule has 1 N–H and O–H groups in total. The summed E-state index contributed by atoms with van der Waals surface area (Å²) in [5.41, 5.74) is 0.363. The van der Waals surface area contributed by atoms with Crippen LogP contribution in [0.3, 0.4) is 0 Å². The zero-order chi connectivity index (χ0) is 12.3. The first-order valence-electron chi connectivity index (χ1n) is 5.74. The van der Waals surface area contributed by atoms with Gasteiger partial charge < -0.3 is 5.32 Å². The number of hydrogen-bond acceptors (Lipinski definition) is 2. The summed E-state index contributed by atoms with van der Waals surface area (Å²) in [5, 5.41) is 3.23. The number of nitrogens with one attached hydrogen (secondary N) is 1. The highest BCUT2D eigenvalue weighted by Crippen LogP contribution is 2.25. The molecule has 1 aromatic rings. The molecule has 1 atom stereocenters. The second-order valence-corrected chi connectivity index (χ2v) is 4.13. The minimum absolute atomic E-state index is 0. The zero-order valence-corrected chi connectivity index (χ0v) is 12.1. The van der Waals surface area contributed by atoms with Gasteiger partial charge in [0.25, 0.3) is 0 Å². The number of hydrogen-bond donors (Lipinski definition) is 1. The Morgan fingerprint density at radius 1 is 1.21 bits per heavy atom. The van der Waals surface area contributed by atoms with Crippen molar-refractivity contribution in [3.63, 3.8) is 0 Å². The van der Waals surface area contributed by atoms with Crippen LogP contribution < -0.4 is 5.32 Å². The van der Waals surface area contributed by atoms with E-state index in [2.05, 4.69) is 16.8 Å². The Morgan fingerprint density at radius 2 is 1.84 bits per heavy atom. The molecule has 0 unspecified atom stereocenters. The van der Waals surface area contributed by atoms with Gasteiger partial charge in [0.2, 0.25) is 0 Å². The fraction of sp³-hybridized carbons (Fsp3) is 0.385. The van der Waals surface area contributed by atoms with Crippen LogP contribution in [-0.2, 0) is 0 Å². The van der Waals surface area contributed by atoms with Crippen LogP contribution in [0.25, 0.3) is 0 Å². The molecular formula is C13H18Cl2F2N2. The molecule has 1 fully saturated rings. The average molecular weight is 311 g/mol. The molecule has 6 heteroatoms. The smallest absolute Gasteiger partial charge is 0.128 e. The summed E-state index contributed by atoms with van der Waals surface area (Å²) >= 11 is 0. The van der Waals surface area contributed by atoms with E-state index in [9.17, 15) is 8.78 Å². The first-order chi connectivity index (χ1) is 8.22. The molecular weight excluding hydrogens is 293 g/mol. The van der Waals surface area contributed by atoms with Gasteiger partial charge in [-0.1, -0.05) is 6.08 Å². The van der Waals surface area contributed by atoms with Crippen molar-refractivity contribution in [3.8, 4) is 0 Å². The van der Waals surface area contributed by atoms with Gasteiger partial charge in [-0.3, -0.25) is 4.90 Å². The summed E-state index contributed by atoms with van der Waals surface area (Å²) in [6, 6.07) is 3.30. The van der Waals surface area contributed by atoms with Gasteiger partial charge in [-0.15, -0.1) is 31.4 Å². The van der Waals surface area contributed by atoms with Crippen molar-refractivity contribution in [1.82, 2.24) is 10.2 Å². The molecule has 0 bridgehead atoms. The third kappa shape index (κ3) is 4.42. The van der Waals surface area contributed by atoms with E-state index in [1.54, 1.807) is 6.08 Å².